The van der Waals surface area contributed by atoms with Gasteiger partial charge in [-0.05, 0) is 30.7 Å². The highest BCUT2D eigenvalue weighted by Gasteiger charge is 2.08. The summed E-state index contributed by atoms with van der Waals surface area (Å²) in [7, 11) is 0. The lowest BCUT2D eigenvalue weighted by Gasteiger charge is -2.02. The van der Waals surface area contributed by atoms with E-state index in [-0.39, 0.29) is 16.5 Å². The molecule has 2 aromatic heterocycles. The monoisotopic (exact) mass is 398 g/mol. The second-order valence-corrected chi connectivity index (χ2v) is 6.76. The number of ketones is 1. The third kappa shape index (κ3) is 3.95. The Labute approximate surface area is 170 Å². The molecule has 0 aliphatic heterocycles. The number of hydrogen-bond acceptors (Lipinski definition) is 4. The van der Waals surface area contributed by atoms with Crippen LogP contribution in [0, 0.1) is 6.92 Å². The van der Waals surface area contributed by atoms with Crippen LogP contribution in [-0.2, 0) is 0 Å². The van der Waals surface area contributed by atoms with Crippen molar-refractivity contribution in [1.82, 2.24) is 19.9 Å². The van der Waals surface area contributed by atoms with Crippen LogP contribution in [0.4, 0.5) is 0 Å². The van der Waals surface area contributed by atoms with Crippen LogP contribution in [0.25, 0.3) is 12.2 Å². The first kappa shape index (κ1) is 19.1. The zero-order valence-corrected chi connectivity index (χ0v) is 16.1. The van der Waals surface area contributed by atoms with E-state index in [1.807, 2.05) is 13.0 Å². The van der Waals surface area contributed by atoms with E-state index in [9.17, 15) is 14.4 Å². The zero-order chi connectivity index (χ0) is 21.1. The topological polar surface area (TPSA) is 111 Å². The molecule has 3 N–H and O–H groups in total. The van der Waals surface area contributed by atoms with Crippen LogP contribution in [0.1, 0.15) is 32.9 Å². The summed E-state index contributed by atoms with van der Waals surface area (Å²) in [5.74, 6) is -0.118. The second-order valence-electron chi connectivity index (χ2n) is 6.76. The van der Waals surface area contributed by atoms with Gasteiger partial charge in [0, 0.05) is 16.8 Å². The van der Waals surface area contributed by atoms with Crippen molar-refractivity contribution in [2.75, 3.05) is 0 Å². The summed E-state index contributed by atoms with van der Waals surface area (Å²) in [6.45, 7) is 1.82. The average Bonchev–Trinajstić information content (AvgIpc) is 3.16. The summed E-state index contributed by atoms with van der Waals surface area (Å²) in [6.07, 6.45) is 4.56. The maximum Gasteiger partial charge on any atom is 0.272 e. The number of aryl methyl sites for hydroxylation is 1. The van der Waals surface area contributed by atoms with Crippen molar-refractivity contribution in [3.63, 3.8) is 0 Å². The molecule has 0 amide bonds. The molecule has 7 heteroatoms. The highest BCUT2D eigenvalue weighted by molar-refractivity contribution is 6.09. The van der Waals surface area contributed by atoms with Crippen LogP contribution in [0.2, 0.25) is 0 Å². The van der Waals surface area contributed by atoms with Crippen molar-refractivity contribution in [2.24, 2.45) is 0 Å². The van der Waals surface area contributed by atoms with Crippen molar-refractivity contribution < 1.29 is 4.79 Å². The fourth-order valence-corrected chi connectivity index (χ4v) is 3.04. The van der Waals surface area contributed by atoms with Gasteiger partial charge in [-0.1, -0.05) is 48.5 Å². The van der Waals surface area contributed by atoms with E-state index < -0.39 is 11.1 Å². The molecule has 0 fully saturated rings. The predicted molar refractivity (Wildman–Crippen MR) is 114 cm³/mol. The number of hydrogen-bond donors (Lipinski definition) is 3. The van der Waals surface area contributed by atoms with Crippen LogP contribution >= 0.6 is 0 Å². The molecule has 0 saturated carbocycles. The van der Waals surface area contributed by atoms with E-state index in [0.717, 1.165) is 5.69 Å². The molecule has 0 atom stereocenters. The highest BCUT2D eigenvalue weighted by atomic mass is 16.1. The third-order valence-electron chi connectivity index (χ3n) is 4.63. The molecule has 2 aromatic carbocycles. The first-order valence-electron chi connectivity index (χ1n) is 9.27. The summed E-state index contributed by atoms with van der Waals surface area (Å²) in [5.41, 5.74) is 2.15. The van der Waals surface area contributed by atoms with E-state index in [1.165, 1.54) is 18.5 Å². The van der Waals surface area contributed by atoms with Crippen LogP contribution in [0.3, 0.4) is 0 Å². The molecular weight excluding hydrogens is 380 g/mol. The van der Waals surface area contributed by atoms with Crippen LogP contribution in [0.5, 0.6) is 0 Å². The molecule has 30 heavy (non-hydrogen) atoms. The van der Waals surface area contributed by atoms with Gasteiger partial charge in [-0.15, -0.1) is 0 Å². The number of nitrogens with zero attached hydrogens (tertiary/aromatic N) is 1. The third-order valence-corrected chi connectivity index (χ3v) is 4.63. The first-order valence-corrected chi connectivity index (χ1v) is 9.27. The zero-order valence-electron chi connectivity index (χ0n) is 16.1. The van der Waals surface area contributed by atoms with E-state index in [2.05, 4.69) is 19.9 Å². The minimum atomic E-state index is -0.450. The number of carbonyl (C=O) groups excluding carboxylic acids is 1. The molecule has 0 spiro atoms. The quantitative estimate of drug-likeness (QED) is 0.445. The number of aromatic nitrogens is 4. The van der Waals surface area contributed by atoms with Gasteiger partial charge in [0.25, 0.3) is 11.1 Å². The molecule has 7 nitrogen and oxygen atoms in total. The lowest BCUT2D eigenvalue weighted by molar-refractivity contribution is 0.103. The van der Waals surface area contributed by atoms with Crippen molar-refractivity contribution in [1.29, 1.82) is 0 Å². The minimum Gasteiger partial charge on any atom is -0.348 e. The fraction of sp³-hybridized carbons (Fsp3) is 0.0435. The Hall–Kier alpha value is -4.26. The maximum atomic E-state index is 12.6. The molecule has 2 heterocycles. The number of imidazole rings is 1. The van der Waals surface area contributed by atoms with Crippen LogP contribution in [-0.4, -0.2) is 25.7 Å². The summed E-state index contributed by atoms with van der Waals surface area (Å²) >= 11 is 0. The highest BCUT2D eigenvalue weighted by Crippen LogP contribution is 2.12. The van der Waals surface area contributed by atoms with E-state index in [0.29, 0.717) is 22.4 Å². The van der Waals surface area contributed by atoms with Gasteiger partial charge in [0.15, 0.2) is 5.78 Å². The van der Waals surface area contributed by atoms with Gasteiger partial charge in [-0.2, -0.15) is 0 Å². The molecule has 0 unspecified atom stereocenters. The van der Waals surface area contributed by atoms with Crippen molar-refractivity contribution in [3.05, 3.63) is 120 Å². The van der Waals surface area contributed by atoms with Crippen molar-refractivity contribution in [2.45, 2.75) is 6.92 Å². The summed E-state index contributed by atoms with van der Waals surface area (Å²) in [4.78, 5) is 49.7. The molecular formula is C23H18N4O3. The van der Waals surface area contributed by atoms with E-state index in [4.69, 9.17) is 0 Å². The lowest BCUT2D eigenvalue weighted by Crippen LogP contribution is -2.46. The Bertz CT molecular complexity index is 1460. The Morgan fingerprint density at radius 3 is 2.20 bits per heavy atom. The van der Waals surface area contributed by atoms with Gasteiger partial charge in [0.05, 0.1) is 12.0 Å². The normalized spacial score (nSPS) is 12.3. The molecule has 0 saturated heterocycles. The van der Waals surface area contributed by atoms with Crippen LogP contribution < -0.4 is 21.8 Å². The summed E-state index contributed by atoms with van der Waals surface area (Å²) in [6, 6.07) is 15.8. The standard InChI is InChI=1S/C23H18N4O3/c1-14-18(25-13-24-14)12-20-23(30)26-19(22(29)27-20)11-15-6-5-9-17(10-15)21(28)16-7-3-2-4-8-16/h2-13H,1H3,(H,24,25)(H,26,30)(H,27,29)/b19-11-,20-12-. The van der Waals surface area contributed by atoms with Gasteiger partial charge < -0.3 is 15.0 Å². The first-order chi connectivity index (χ1) is 14.5. The Morgan fingerprint density at radius 1 is 0.867 bits per heavy atom. The van der Waals surface area contributed by atoms with Crippen LogP contribution in [0.15, 0.2) is 70.5 Å². The number of aromatic amines is 3. The van der Waals surface area contributed by atoms with E-state index >= 15 is 0 Å². The van der Waals surface area contributed by atoms with Crippen molar-refractivity contribution in [3.8, 4) is 0 Å². The second kappa shape index (κ2) is 8.00. The summed E-state index contributed by atoms with van der Waals surface area (Å²) in [5, 5.41) is 0.209. The number of rotatable bonds is 4. The molecule has 0 aliphatic carbocycles. The number of H-pyrrole nitrogens is 3. The molecule has 4 aromatic rings. The van der Waals surface area contributed by atoms with Gasteiger partial charge in [-0.25, -0.2) is 4.98 Å². The fourth-order valence-electron chi connectivity index (χ4n) is 3.04. The molecule has 0 radical (unpaired) electrons. The maximum absolute atomic E-state index is 12.6. The van der Waals surface area contributed by atoms with Crippen molar-refractivity contribution >= 4 is 17.9 Å². The molecule has 0 aliphatic rings. The predicted octanol–water partition coefficient (Wildman–Crippen LogP) is 0.983. The largest absolute Gasteiger partial charge is 0.348 e. The lowest BCUT2D eigenvalue weighted by atomic mass is 10.0. The van der Waals surface area contributed by atoms with E-state index in [1.54, 1.807) is 48.5 Å². The number of carbonyl (C=O) groups is 1. The van der Waals surface area contributed by atoms with Gasteiger partial charge in [-0.3, -0.25) is 14.4 Å². The smallest absolute Gasteiger partial charge is 0.272 e. The Kier molecular flexibility index (Phi) is 5.09. The van der Waals surface area contributed by atoms with Gasteiger partial charge >= 0.3 is 0 Å². The molecule has 0 bridgehead atoms. The summed E-state index contributed by atoms with van der Waals surface area (Å²) < 4.78 is 0. The molecule has 148 valence electrons. The number of nitrogens with one attached hydrogen (secondary N) is 3. The SMILES string of the molecule is Cc1[nH]cnc1/C=c1\[nH]c(=O)/c(=C/c2cccc(C(=O)c3ccccc3)c2)[nH]c1=O. The van der Waals surface area contributed by atoms with Gasteiger partial charge in [0.2, 0.25) is 0 Å². The minimum absolute atomic E-state index is 0.0974. The Balaban J connectivity index is 1.74. The average molecular weight is 398 g/mol. The molecule has 4 rings (SSSR count). The number of benzene rings is 2. The van der Waals surface area contributed by atoms with Gasteiger partial charge in [0.1, 0.15) is 10.7 Å². The Morgan fingerprint density at radius 2 is 1.53 bits per heavy atom.